The fraction of sp³-hybridized carbons (Fsp3) is 0.606. The second-order valence-electron chi connectivity index (χ2n) is 26.3. The molecule has 27 nitrogen and oxygen atoms in total. The quantitative estimate of drug-likeness (QED) is 0.0349. The number of imide groups is 1. The number of unbranched alkanes of at least 4 members (excludes halogenated alkanes) is 1. The van der Waals surface area contributed by atoms with Gasteiger partial charge in [0.15, 0.2) is 0 Å². The van der Waals surface area contributed by atoms with Crippen molar-refractivity contribution in [2.45, 2.75) is 110 Å². The molecule has 7 N–H and O–H groups in total. The first-order valence-electron chi connectivity index (χ1n) is 32.6. The van der Waals surface area contributed by atoms with Gasteiger partial charge < -0.3 is 45.8 Å². The zero-order chi connectivity index (χ0) is 71.0. The Morgan fingerprint density at radius 1 is 0.732 bits per heavy atom. The van der Waals surface area contributed by atoms with Gasteiger partial charge in [0.1, 0.15) is 24.0 Å². The Labute approximate surface area is 576 Å². The average Bonchev–Trinajstić information content (AvgIpc) is 1.82. The summed E-state index contributed by atoms with van der Waals surface area (Å²) in [6.45, 7) is 7.30. The molecule has 0 spiro atoms. The summed E-state index contributed by atoms with van der Waals surface area (Å²) in [5.41, 5.74) is -0.757. The Morgan fingerprint density at radius 3 is 1.89 bits per heavy atom. The fourth-order valence-corrected chi connectivity index (χ4v) is 12.6. The Kier molecular flexibility index (Phi) is 30.2. The number of nitrogens with zero attached hydrogens (tertiary/aromatic N) is 9. The minimum absolute atomic E-state index is 0.0198. The first-order chi connectivity index (χ1) is 45.9. The van der Waals surface area contributed by atoms with Crippen LogP contribution in [0.5, 0.6) is 5.75 Å². The summed E-state index contributed by atoms with van der Waals surface area (Å²) in [6, 6.07) is 13.2. The summed E-state index contributed by atoms with van der Waals surface area (Å²) in [4.78, 5) is 146. The average molecular weight is 1470 g/mol. The number of benzene rings is 2. The first kappa shape index (κ1) is 78.4. The van der Waals surface area contributed by atoms with Crippen LogP contribution in [0.3, 0.4) is 0 Å². The van der Waals surface area contributed by atoms with E-state index < -0.39 is 128 Å². The number of aliphatic carboxylic acids is 3. The molecule has 3 saturated heterocycles. The predicted octanol–water partition coefficient (Wildman–Crippen LogP) is 2.94. The summed E-state index contributed by atoms with van der Waals surface area (Å²) in [5.74, 6) is -10.6. The van der Waals surface area contributed by atoms with E-state index in [0.29, 0.717) is 75.2 Å². The number of nitrogens with one attached hydrogen (secondary N) is 4. The van der Waals surface area contributed by atoms with Crippen LogP contribution in [0.15, 0.2) is 54.7 Å². The number of ether oxygens (including phenoxy) is 1. The molecular formula is C66H91F3IN13O14. The van der Waals surface area contributed by atoms with Gasteiger partial charge in [-0.3, -0.25) is 82.7 Å². The van der Waals surface area contributed by atoms with Gasteiger partial charge in [-0.25, -0.2) is 13.2 Å². The van der Waals surface area contributed by atoms with Crippen LogP contribution in [0.25, 0.3) is 10.9 Å². The molecule has 0 saturated carbocycles. The third-order valence-electron chi connectivity index (χ3n) is 17.3. The molecule has 3 fully saturated rings. The van der Waals surface area contributed by atoms with E-state index >= 15 is 4.39 Å². The van der Waals surface area contributed by atoms with Gasteiger partial charge in [0.2, 0.25) is 35.4 Å². The second-order valence-corrected chi connectivity index (χ2v) is 27.5. The lowest BCUT2D eigenvalue weighted by atomic mass is 9.73. The zero-order valence-electron chi connectivity index (χ0n) is 55.5. The van der Waals surface area contributed by atoms with Gasteiger partial charge in [-0.05, 0) is 110 Å². The normalized spacial score (nSPS) is 17.9. The van der Waals surface area contributed by atoms with Gasteiger partial charge in [-0.1, -0.05) is 39.8 Å². The molecule has 3 atom stereocenters. The number of carbonyl (C=O) groups excluding carboxylic acids is 7. The number of nitriles is 1. The molecule has 4 heterocycles. The number of hydrogen-bond acceptors (Lipinski definition) is 18. The molecular weight excluding hydrogens is 1380 g/mol. The number of likely N-dealkylation sites (tertiary alicyclic amines) is 1. The van der Waals surface area contributed by atoms with E-state index in [1.54, 1.807) is 76.5 Å². The highest BCUT2D eigenvalue weighted by Crippen LogP contribution is 2.36. The van der Waals surface area contributed by atoms with E-state index in [0.717, 1.165) is 20.5 Å². The minimum atomic E-state index is -3.20. The number of amides is 7. The number of carboxylic acids is 3. The topological polar surface area (TPSA) is 348 Å². The number of carbonyl (C=O) groups is 10. The highest BCUT2D eigenvalue weighted by Gasteiger charge is 2.47. The number of carboxylic acid groups (broad SMARTS) is 3. The van der Waals surface area contributed by atoms with Gasteiger partial charge in [-0.15, -0.1) is 0 Å². The molecule has 97 heavy (non-hydrogen) atoms. The van der Waals surface area contributed by atoms with Crippen molar-refractivity contribution in [1.29, 1.82) is 5.26 Å². The Bertz CT molecular complexity index is 3250. The number of piperazine rings is 1. The number of rotatable bonds is 32. The van der Waals surface area contributed by atoms with Gasteiger partial charge in [0.05, 0.1) is 63.0 Å². The fourth-order valence-electron chi connectivity index (χ4n) is 12.2. The summed E-state index contributed by atoms with van der Waals surface area (Å²) in [6.07, 6.45) is 0.840. The molecule has 31 heteroatoms. The monoisotopic (exact) mass is 1470 g/mol. The molecule has 0 bridgehead atoms. The van der Waals surface area contributed by atoms with E-state index in [1.807, 2.05) is 24.3 Å². The largest absolute Gasteiger partial charge is 0.494 e. The van der Waals surface area contributed by atoms with Crippen LogP contribution in [0.4, 0.5) is 13.2 Å². The van der Waals surface area contributed by atoms with Crippen molar-refractivity contribution in [2.24, 2.45) is 10.8 Å². The van der Waals surface area contributed by atoms with E-state index in [-0.39, 0.29) is 102 Å². The number of aromatic nitrogens is 1. The maximum atomic E-state index is 16.1. The lowest BCUT2D eigenvalue weighted by Crippen LogP contribution is -2.55. The van der Waals surface area contributed by atoms with Crippen molar-refractivity contribution >= 4 is 92.8 Å². The van der Waals surface area contributed by atoms with E-state index in [1.165, 1.54) is 12.3 Å². The maximum absolute atomic E-state index is 16.1. The molecule has 6 rings (SSSR count). The minimum Gasteiger partial charge on any atom is -0.494 e. The first-order valence-corrected chi connectivity index (χ1v) is 33.7. The van der Waals surface area contributed by atoms with Crippen LogP contribution in [-0.4, -0.2) is 276 Å². The van der Waals surface area contributed by atoms with Crippen LogP contribution in [0.1, 0.15) is 95.0 Å². The maximum Gasteiger partial charge on any atom is 0.317 e. The molecule has 7 amide bonds. The number of aryl methyl sites for hydroxylation is 1. The van der Waals surface area contributed by atoms with Gasteiger partial charge in [-0.2, -0.15) is 5.26 Å². The SMILES string of the molecule is CC(C)(CC(C)(C)C(=O)N1CCN(CCCCOc2ccc3nccc(C(=O)NCC(=O)N4CC(F)(F)C[C@@H]4C#N)c3c2)CC1)C(=O)NC(=O)[C@H](CC(F)CCNC(=O)CCCc1ccc(I)cc1)NC(=O)CN1CCN(CC(=O)O)CCN(CC(=O)O)CCN(CC(=O)O)CC1. The molecule has 2 aromatic carbocycles. The predicted molar refractivity (Wildman–Crippen MR) is 358 cm³/mol. The molecule has 0 radical (unpaired) electrons. The lowest BCUT2D eigenvalue weighted by Gasteiger charge is -2.40. The Morgan fingerprint density at radius 2 is 1.31 bits per heavy atom. The molecule has 532 valence electrons. The summed E-state index contributed by atoms with van der Waals surface area (Å²) < 4.78 is 51.1. The van der Waals surface area contributed by atoms with Crippen LogP contribution >= 0.6 is 22.6 Å². The number of fused-ring (bicyclic) bond motifs is 1. The van der Waals surface area contributed by atoms with E-state index in [4.69, 9.17) is 4.74 Å². The molecule has 3 aliphatic heterocycles. The smallest absolute Gasteiger partial charge is 0.317 e. The molecule has 3 aliphatic rings. The number of hydrogen-bond donors (Lipinski definition) is 7. The summed E-state index contributed by atoms with van der Waals surface area (Å²) in [5, 5.41) is 48.8. The Balaban J connectivity index is 1.01. The molecule has 1 aromatic heterocycles. The van der Waals surface area contributed by atoms with Crippen LogP contribution < -0.4 is 26.0 Å². The van der Waals surface area contributed by atoms with Crippen LogP contribution in [0, 0.1) is 25.7 Å². The van der Waals surface area contributed by atoms with Crippen molar-refractivity contribution in [3.8, 4) is 11.8 Å². The van der Waals surface area contributed by atoms with Gasteiger partial charge >= 0.3 is 17.9 Å². The summed E-state index contributed by atoms with van der Waals surface area (Å²) in [7, 11) is 0. The standard InChI is InChI=1S/C66H91F3IN13O14/c1-64(2,43-65(3,4)63(96)82-31-29-77(30-32-82)20-5-6-33-97-49-14-15-52-51(35-49)50(17-19-72-52)60(93)74-38-56(86)83-44-66(68,69)36-48(83)37-71)62(95)76-61(94)53(34-46(67)16-18-73-54(84)9-7-8-45-10-12-47(70)13-11-45)75-55(85)39-78-21-23-79(40-57(87)88)25-27-81(42-59(91)92)28-26-80(24-22-78)41-58(89)90/h10-15,17,19,35,46,48,53H,5-9,16,18,20-34,36,38-44H2,1-4H3,(H,73,84)(H,74,93)(H,75,85)(H,87,88)(H,89,90)(H,91,92)(H,76,94,95)/t46?,48-,53+/m1/s1. The second kappa shape index (κ2) is 37.4. The van der Waals surface area contributed by atoms with Gasteiger partial charge in [0, 0.05) is 130 Å². The number of halogens is 4. The third-order valence-corrected chi connectivity index (χ3v) is 18.0. The highest BCUT2D eigenvalue weighted by molar-refractivity contribution is 14.1. The third kappa shape index (κ3) is 26.3. The molecule has 0 aliphatic carbocycles. The van der Waals surface area contributed by atoms with Gasteiger partial charge in [0.25, 0.3) is 11.8 Å². The van der Waals surface area contributed by atoms with Crippen molar-refractivity contribution in [3.63, 3.8) is 0 Å². The van der Waals surface area contributed by atoms with E-state index in [2.05, 4.69) is 53.7 Å². The Hall–Kier alpha value is -7.64. The van der Waals surface area contributed by atoms with Crippen LogP contribution in [0.2, 0.25) is 0 Å². The highest BCUT2D eigenvalue weighted by atomic mass is 127. The summed E-state index contributed by atoms with van der Waals surface area (Å²) >= 11 is 2.21. The molecule has 3 aromatic rings. The lowest BCUT2D eigenvalue weighted by molar-refractivity contribution is -0.146. The van der Waals surface area contributed by atoms with Crippen molar-refractivity contribution < 1.29 is 81.2 Å². The van der Waals surface area contributed by atoms with Crippen molar-refractivity contribution in [2.75, 3.05) is 138 Å². The van der Waals surface area contributed by atoms with Crippen LogP contribution in [-0.2, 0) is 49.6 Å². The zero-order valence-corrected chi connectivity index (χ0v) is 57.7. The van der Waals surface area contributed by atoms with E-state index in [9.17, 15) is 77.3 Å². The van der Waals surface area contributed by atoms with Crippen molar-refractivity contribution in [1.82, 2.24) is 60.6 Å². The molecule has 1 unspecified atom stereocenters. The number of alkyl halides is 3. The number of pyridine rings is 1. The van der Waals surface area contributed by atoms with Crippen molar-refractivity contribution in [3.05, 3.63) is 69.4 Å².